The number of anilines is 2. The van der Waals surface area contributed by atoms with E-state index in [1.54, 1.807) is 22.8 Å². The summed E-state index contributed by atoms with van der Waals surface area (Å²) in [5, 5.41) is 17.5. The van der Waals surface area contributed by atoms with Gasteiger partial charge in [0.05, 0.1) is 17.3 Å². The third-order valence-corrected chi connectivity index (χ3v) is 6.46. The van der Waals surface area contributed by atoms with Crippen molar-refractivity contribution in [2.24, 2.45) is 11.3 Å². The van der Waals surface area contributed by atoms with Gasteiger partial charge in [0.1, 0.15) is 5.75 Å². The molecule has 0 radical (unpaired) electrons. The minimum atomic E-state index is 0.0657. The first-order chi connectivity index (χ1) is 13.9. The van der Waals surface area contributed by atoms with E-state index in [-0.39, 0.29) is 11.7 Å². The van der Waals surface area contributed by atoms with Crippen molar-refractivity contribution in [3.8, 4) is 5.75 Å². The van der Waals surface area contributed by atoms with Crippen molar-refractivity contribution in [2.45, 2.75) is 33.1 Å². The summed E-state index contributed by atoms with van der Waals surface area (Å²) in [5.41, 5.74) is 4.45. The van der Waals surface area contributed by atoms with Gasteiger partial charge in [-0.2, -0.15) is 5.10 Å². The summed E-state index contributed by atoms with van der Waals surface area (Å²) in [7, 11) is 0. The zero-order chi connectivity index (χ0) is 20.2. The first-order valence-electron chi connectivity index (χ1n) is 10.3. The average molecular weight is 390 g/mol. The van der Waals surface area contributed by atoms with Crippen molar-refractivity contribution in [1.82, 2.24) is 14.5 Å². The molecular formula is C23H26N4O2. The molecule has 6 heteroatoms. The molecule has 1 saturated heterocycles. The molecule has 3 heterocycles. The Balaban J connectivity index is 1.35. The minimum Gasteiger partial charge on any atom is -0.508 e. The normalized spacial score (nSPS) is 17.9. The second kappa shape index (κ2) is 6.51. The van der Waals surface area contributed by atoms with Crippen molar-refractivity contribution in [1.29, 1.82) is 0 Å². The summed E-state index contributed by atoms with van der Waals surface area (Å²) in [5.74, 6) is 1.14. The number of aryl methyl sites for hydroxylation is 1. The maximum atomic E-state index is 13.1. The van der Waals surface area contributed by atoms with E-state index in [4.69, 9.17) is 0 Å². The van der Waals surface area contributed by atoms with Crippen LogP contribution in [0.15, 0.2) is 42.7 Å². The number of aromatic nitrogens is 2. The van der Waals surface area contributed by atoms with Gasteiger partial charge in [-0.1, -0.05) is 13.3 Å². The number of carbonyl (C=O) groups excluding carboxylic acids is 1. The van der Waals surface area contributed by atoms with Gasteiger partial charge in [0.15, 0.2) is 0 Å². The van der Waals surface area contributed by atoms with Crippen LogP contribution in [-0.4, -0.2) is 38.6 Å². The van der Waals surface area contributed by atoms with Crippen LogP contribution in [0.2, 0.25) is 0 Å². The van der Waals surface area contributed by atoms with Crippen LogP contribution in [-0.2, 0) is 0 Å². The van der Waals surface area contributed by atoms with Crippen molar-refractivity contribution < 1.29 is 9.90 Å². The second-order valence-corrected chi connectivity index (χ2v) is 8.83. The van der Waals surface area contributed by atoms with Crippen LogP contribution in [0.1, 0.15) is 42.1 Å². The Morgan fingerprint density at radius 3 is 2.76 bits per heavy atom. The Labute approximate surface area is 170 Å². The Morgan fingerprint density at radius 2 is 2.03 bits per heavy atom. The van der Waals surface area contributed by atoms with Gasteiger partial charge in [0.25, 0.3) is 5.91 Å². The molecule has 1 aromatic carbocycles. The van der Waals surface area contributed by atoms with Crippen LogP contribution >= 0.6 is 0 Å². The smallest absolute Gasteiger partial charge is 0.257 e. The summed E-state index contributed by atoms with van der Waals surface area (Å²) >= 11 is 0. The van der Waals surface area contributed by atoms with E-state index >= 15 is 0 Å². The van der Waals surface area contributed by atoms with Crippen molar-refractivity contribution >= 4 is 22.8 Å². The number of nitrogens with zero attached hydrogens (tertiary/aromatic N) is 3. The van der Waals surface area contributed by atoms with E-state index in [0.29, 0.717) is 11.0 Å². The largest absolute Gasteiger partial charge is 0.508 e. The van der Waals surface area contributed by atoms with E-state index in [1.807, 2.05) is 36.2 Å². The monoisotopic (exact) mass is 390 g/mol. The molecule has 2 aromatic heterocycles. The first kappa shape index (κ1) is 18.0. The van der Waals surface area contributed by atoms with Crippen LogP contribution in [0, 0.1) is 18.3 Å². The quantitative estimate of drug-likeness (QED) is 0.695. The molecule has 0 bridgehead atoms. The van der Waals surface area contributed by atoms with Gasteiger partial charge in [-0.3, -0.25) is 4.79 Å². The highest BCUT2D eigenvalue weighted by atomic mass is 16.3. The van der Waals surface area contributed by atoms with Crippen LogP contribution in [0.5, 0.6) is 5.75 Å². The fourth-order valence-electron chi connectivity index (χ4n) is 5.01. The molecule has 2 N–H and O–H groups in total. The second-order valence-electron chi connectivity index (χ2n) is 8.83. The number of hydrogen-bond acceptors (Lipinski definition) is 4. The first-order valence-corrected chi connectivity index (χ1v) is 10.3. The number of aromatic hydroxyl groups is 1. The molecule has 1 aliphatic heterocycles. The number of hydrogen-bond donors (Lipinski definition) is 2. The standard InChI is InChI=1S/C23H26N4O2/c1-3-16-10-23(11-16)13-26(14-23)22(29)20-12-24-27-5-4-17(9-21(20)27)25-18-6-15(2)7-19(28)8-18/h4-9,12,16,25,28H,3,10-11,13-14H2,1-2H3. The molecule has 150 valence electrons. The zero-order valence-electron chi connectivity index (χ0n) is 16.9. The summed E-state index contributed by atoms with van der Waals surface area (Å²) in [6.45, 7) is 5.94. The van der Waals surface area contributed by atoms with Crippen LogP contribution in [0.3, 0.4) is 0 Å². The lowest BCUT2D eigenvalue weighted by Gasteiger charge is -2.59. The lowest BCUT2D eigenvalue weighted by Crippen LogP contribution is -2.63. The molecule has 1 saturated carbocycles. The Hall–Kier alpha value is -3.02. The van der Waals surface area contributed by atoms with Crippen LogP contribution in [0.4, 0.5) is 11.4 Å². The highest BCUT2D eigenvalue weighted by Gasteiger charge is 2.53. The molecule has 1 aliphatic carbocycles. The van der Waals surface area contributed by atoms with E-state index < -0.39 is 0 Å². The lowest BCUT2D eigenvalue weighted by atomic mass is 9.57. The number of rotatable bonds is 4. The third-order valence-electron chi connectivity index (χ3n) is 6.46. The van der Waals surface area contributed by atoms with Crippen LogP contribution < -0.4 is 5.32 Å². The number of carbonyl (C=O) groups is 1. The maximum absolute atomic E-state index is 13.1. The fourth-order valence-corrected chi connectivity index (χ4v) is 5.01. The number of likely N-dealkylation sites (tertiary alicyclic amines) is 1. The molecule has 3 aromatic rings. The number of nitrogens with one attached hydrogen (secondary N) is 1. The lowest BCUT2D eigenvalue weighted by molar-refractivity contribution is -0.0769. The molecule has 5 rings (SSSR count). The van der Waals surface area contributed by atoms with E-state index in [1.165, 1.54) is 19.3 Å². The highest BCUT2D eigenvalue weighted by molar-refractivity contribution is 6.01. The predicted octanol–water partition coefficient (Wildman–Crippen LogP) is 4.35. The molecule has 2 aliphatic rings. The number of amides is 1. The number of phenolic OH excluding ortho intramolecular Hbond substituents is 1. The topological polar surface area (TPSA) is 69.9 Å². The molecule has 1 spiro atoms. The molecule has 2 fully saturated rings. The van der Waals surface area contributed by atoms with E-state index in [0.717, 1.165) is 41.5 Å². The van der Waals surface area contributed by atoms with Gasteiger partial charge >= 0.3 is 0 Å². The van der Waals surface area contributed by atoms with Crippen molar-refractivity contribution in [2.75, 3.05) is 18.4 Å². The van der Waals surface area contributed by atoms with E-state index in [2.05, 4.69) is 17.3 Å². The van der Waals surface area contributed by atoms with Crippen molar-refractivity contribution in [3.05, 3.63) is 53.9 Å². The fraction of sp³-hybridized carbons (Fsp3) is 0.391. The van der Waals surface area contributed by atoms with Gasteiger partial charge in [-0.25, -0.2) is 4.52 Å². The molecular weight excluding hydrogens is 364 g/mol. The zero-order valence-corrected chi connectivity index (χ0v) is 16.9. The SMILES string of the molecule is CCC1CC2(C1)CN(C(=O)c1cnn3ccc(Nc4cc(C)cc(O)c4)cc13)C2. The Kier molecular flexibility index (Phi) is 4.05. The number of pyridine rings is 1. The predicted molar refractivity (Wildman–Crippen MR) is 113 cm³/mol. The number of benzene rings is 1. The van der Waals surface area contributed by atoms with Gasteiger partial charge in [-0.15, -0.1) is 0 Å². The number of phenols is 1. The molecule has 1 amide bonds. The van der Waals surface area contributed by atoms with Gasteiger partial charge in [0, 0.05) is 42.1 Å². The molecule has 29 heavy (non-hydrogen) atoms. The highest BCUT2D eigenvalue weighted by Crippen LogP contribution is 2.53. The summed E-state index contributed by atoms with van der Waals surface area (Å²) < 4.78 is 1.73. The average Bonchev–Trinajstić information content (AvgIpc) is 3.01. The number of fused-ring (bicyclic) bond motifs is 1. The summed E-state index contributed by atoms with van der Waals surface area (Å²) in [6.07, 6.45) is 7.29. The van der Waals surface area contributed by atoms with E-state index in [9.17, 15) is 9.90 Å². The van der Waals surface area contributed by atoms with Crippen molar-refractivity contribution in [3.63, 3.8) is 0 Å². The summed E-state index contributed by atoms with van der Waals surface area (Å²) in [4.78, 5) is 15.0. The van der Waals surface area contributed by atoms with Gasteiger partial charge < -0.3 is 15.3 Å². The van der Waals surface area contributed by atoms with Gasteiger partial charge in [0.2, 0.25) is 0 Å². The minimum absolute atomic E-state index is 0.0657. The molecule has 6 nitrogen and oxygen atoms in total. The molecule has 0 unspecified atom stereocenters. The van der Waals surface area contributed by atoms with Gasteiger partial charge in [-0.05, 0) is 55.5 Å². The Bertz CT molecular complexity index is 1070. The molecule has 0 atom stereocenters. The Morgan fingerprint density at radius 1 is 1.24 bits per heavy atom. The van der Waals surface area contributed by atoms with Crippen LogP contribution in [0.25, 0.3) is 5.52 Å². The summed E-state index contributed by atoms with van der Waals surface area (Å²) in [6, 6.07) is 9.21. The third kappa shape index (κ3) is 3.12. The maximum Gasteiger partial charge on any atom is 0.257 e.